The molecule has 3 aromatic rings. The van der Waals surface area contributed by atoms with Crippen LogP contribution in [-0.4, -0.2) is 12.1 Å². The Morgan fingerprint density at radius 2 is 1.45 bits per heavy atom. The number of carbonyl (C=O) groups excluding carboxylic acids is 2. The Morgan fingerprint density at radius 1 is 0.818 bits per heavy atom. The lowest BCUT2D eigenvalue weighted by atomic mass is 9.89. The Balaban J connectivity index is 2.38. The third-order valence-electron chi connectivity index (χ3n) is 4.05. The highest BCUT2D eigenvalue weighted by Crippen LogP contribution is 2.34. The first kappa shape index (κ1) is 14.2. The van der Waals surface area contributed by atoms with Crippen molar-refractivity contribution in [1.82, 2.24) is 0 Å². The van der Waals surface area contributed by atoms with Crippen molar-refractivity contribution in [3.05, 3.63) is 71.3 Å². The standard InChI is InChI=1S/C20H16O2/c1-13-6-5-7-14(2)20(13)18-11-10-17(19(22)12-21)15-8-3-4-9-16(15)18/h3-12H,1-2H3. The summed E-state index contributed by atoms with van der Waals surface area (Å²) in [6, 6.07) is 17.6. The van der Waals surface area contributed by atoms with Crippen LogP contribution in [-0.2, 0) is 4.79 Å². The number of hydrogen-bond donors (Lipinski definition) is 0. The van der Waals surface area contributed by atoms with Gasteiger partial charge in [0.2, 0.25) is 5.78 Å². The highest BCUT2D eigenvalue weighted by Gasteiger charge is 2.14. The van der Waals surface area contributed by atoms with Crippen LogP contribution in [0.3, 0.4) is 0 Å². The topological polar surface area (TPSA) is 34.1 Å². The van der Waals surface area contributed by atoms with Crippen LogP contribution in [0.5, 0.6) is 0 Å². The van der Waals surface area contributed by atoms with Gasteiger partial charge in [0.25, 0.3) is 0 Å². The maximum atomic E-state index is 11.8. The molecule has 0 bridgehead atoms. The molecule has 0 radical (unpaired) electrons. The minimum Gasteiger partial charge on any atom is -0.294 e. The summed E-state index contributed by atoms with van der Waals surface area (Å²) in [7, 11) is 0. The number of Topliss-reactive ketones (excluding diaryl/α,β-unsaturated/α-hetero) is 1. The van der Waals surface area contributed by atoms with Crippen LogP contribution in [0.2, 0.25) is 0 Å². The molecule has 0 heterocycles. The van der Waals surface area contributed by atoms with Gasteiger partial charge in [-0.15, -0.1) is 0 Å². The first-order valence-electron chi connectivity index (χ1n) is 7.21. The Kier molecular flexibility index (Phi) is 3.60. The van der Waals surface area contributed by atoms with Crippen molar-refractivity contribution in [2.45, 2.75) is 13.8 Å². The van der Waals surface area contributed by atoms with Crippen LogP contribution in [0.1, 0.15) is 21.5 Å². The van der Waals surface area contributed by atoms with E-state index >= 15 is 0 Å². The minimum atomic E-state index is -0.482. The van der Waals surface area contributed by atoms with E-state index in [2.05, 4.69) is 26.0 Å². The molecule has 22 heavy (non-hydrogen) atoms. The van der Waals surface area contributed by atoms with E-state index < -0.39 is 5.78 Å². The second-order valence-corrected chi connectivity index (χ2v) is 5.46. The summed E-state index contributed by atoms with van der Waals surface area (Å²) in [5.41, 5.74) is 5.12. The molecule has 0 aliphatic carbocycles. The smallest absolute Gasteiger partial charge is 0.225 e. The fraction of sp³-hybridized carbons (Fsp3) is 0.100. The Labute approximate surface area is 129 Å². The number of fused-ring (bicyclic) bond motifs is 1. The van der Waals surface area contributed by atoms with Crippen LogP contribution < -0.4 is 0 Å². The first-order chi connectivity index (χ1) is 10.6. The molecule has 3 rings (SSSR count). The zero-order chi connectivity index (χ0) is 15.7. The molecular formula is C20H16O2. The number of carbonyl (C=O) groups is 2. The molecular weight excluding hydrogens is 272 g/mol. The predicted octanol–water partition coefficient (Wildman–Crippen LogP) is 4.51. The highest BCUT2D eigenvalue weighted by molar-refractivity contribution is 6.36. The van der Waals surface area contributed by atoms with Crippen molar-refractivity contribution in [2.24, 2.45) is 0 Å². The third kappa shape index (κ3) is 2.23. The van der Waals surface area contributed by atoms with E-state index in [-0.39, 0.29) is 0 Å². The molecule has 2 heteroatoms. The fourth-order valence-electron chi connectivity index (χ4n) is 3.03. The predicted molar refractivity (Wildman–Crippen MR) is 89.3 cm³/mol. The second kappa shape index (κ2) is 5.57. The highest BCUT2D eigenvalue weighted by atomic mass is 16.2. The van der Waals surface area contributed by atoms with Crippen LogP contribution >= 0.6 is 0 Å². The monoisotopic (exact) mass is 288 g/mol. The second-order valence-electron chi connectivity index (χ2n) is 5.46. The Bertz CT molecular complexity index is 871. The lowest BCUT2D eigenvalue weighted by Gasteiger charge is -2.14. The first-order valence-corrected chi connectivity index (χ1v) is 7.21. The molecule has 0 saturated carbocycles. The van der Waals surface area contributed by atoms with Crippen molar-refractivity contribution < 1.29 is 9.59 Å². The van der Waals surface area contributed by atoms with Crippen molar-refractivity contribution in [3.63, 3.8) is 0 Å². The molecule has 108 valence electrons. The molecule has 0 aromatic heterocycles. The lowest BCUT2D eigenvalue weighted by molar-refractivity contribution is -0.104. The van der Waals surface area contributed by atoms with Crippen molar-refractivity contribution in [1.29, 1.82) is 0 Å². The summed E-state index contributed by atoms with van der Waals surface area (Å²) in [6.45, 7) is 4.17. The molecule has 0 atom stereocenters. The zero-order valence-corrected chi connectivity index (χ0v) is 12.6. The Hall–Kier alpha value is -2.74. The average molecular weight is 288 g/mol. The number of ketones is 1. The largest absolute Gasteiger partial charge is 0.294 e. The van der Waals surface area contributed by atoms with Gasteiger partial charge in [-0.1, -0.05) is 48.5 Å². The summed E-state index contributed by atoms with van der Waals surface area (Å²) >= 11 is 0. The van der Waals surface area contributed by atoms with Crippen LogP contribution in [0.25, 0.3) is 21.9 Å². The quantitative estimate of drug-likeness (QED) is 0.404. The van der Waals surface area contributed by atoms with E-state index in [0.717, 1.165) is 16.3 Å². The van der Waals surface area contributed by atoms with Gasteiger partial charge in [-0.2, -0.15) is 0 Å². The van der Waals surface area contributed by atoms with E-state index in [9.17, 15) is 9.59 Å². The molecule has 0 amide bonds. The van der Waals surface area contributed by atoms with Gasteiger partial charge in [-0.3, -0.25) is 9.59 Å². The van der Waals surface area contributed by atoms with Crippen LogP contribution in [0.4, 0.5) is 0 Å². The van der Waals surface area contributed by atoms with E-state index in [1.807, 2.05) is 36.4 Å². The van der Waals surface area contributed by atoms with Gasteiger partial charge in [0.1, 0.15) is 0 Å². The zero-order valence-electron chi connectivity index (χ0n) is 12.6. The van der Waals surface area contributed by atoms with E-state index in [1.54, 1.807) is 6.07 Å². The summed E-state index contributed by atoms with van der Waals surface area (Å²) < 4.78 is 0. The van der Waals surface area contributed by atoms with Gasteiger partial charge in [0.15, 0.2) is 6.29 Å². The van der Waals surface area contributed by atoms with Gasteiger partial charge < -0.3 is 0 Å². The van der Waals surface area contributed by atoms with Crippen molar-refractivity contribution in [2.75, 3.05) is 0 Å². The number of aldehydes is 1. The Morgan fingerprint density at radius 3 is 2.09 bits per heavy atom. The minimum absolute atomic E-state index is 0.375. The molecule has 0 unspecified atom stereocenters. The van der Waals surface area contributed by atoms with Crippen LogP contribution in [0.15, 0.2) is 54.6 Å². The SMILES string of the molecule is Cc1cccc(C)c1-c1ccc(C(=O)C=O)c2ccccc12. The average Bonchev–Trinajstić information content (AvgIpc) is 2.54. The van der Waals surface area contributed by atoms with Gasteiger partial charge in [0, 0.05) is 5.56 Å². The maximum Gasteiger partial charge on any atom is 0.225 e. The molecule has 0 N–H and O–H groups in total. The summed E-state index contributed by atoms with van der Waals surface area (Å²) in [5, 5.41) is 1.81. The number of benzene rings is 3. The van der Waals surface area contributed by atoms with Gasteiger partial charge >= 0.3 is 0 Å². The van der Waals surface area contributed by atoms with E-state index in [4.69, 9.17) is 0 Å². The third-order valence-corrected chi connectivity index (χ3v) is 4.05. The fourth-order valence-corrected chi connectivity index (χ4v) is 3.03. The maximum absolute atomic E-state index is 11.8. The van der Waals surface area contributed by atoms with Crippen LogP contribution in [0, 0.1) is 13.8 Å². The number of rotatable bonds is 3. The number of aryl methyl sites for hydroxylation is 2. The number of hydrogen-bond acceptors (Lipinski definition) is 2. The lowest BCUT2D eigenvalue weighted by Crippen LogP contribution is -2.01. The van der Waals surface area contributed by atoms with E-state index in [1.165, 1.54) is 16.7 Å². The normalized spacial score (nSPS) is 10.6. The molecule has 0 aliphatic rings. The van der Waals surface area contributed by atoms with E-state index in [0.29, 0.717) is 11.8 Å². The summed E-state index contributed by atoms with van der Waals surface area (Å²) in [5.74, 6) is -0.482. The van der Waals surface area contributed by atoms with Gasteiger partial charge in [-0.25, -0.2) is 0 Å². The molecule has 0 saturated heterocycles. The summed E-state index contributed by atoms with van der Waals surface area (Å²) in [4.78, 5) is 22.7. The molecule has 0 spiro atoms. The van der Waals surface area contributed by atoms with Gasteiger partial charge in [0.05, 0.1) is 0 Å². The van der Waals surface area contributed by atoms with Crippen molar-refractivity contribution in [3.8, 4) is 11.1 Å². The van der Waals surface area contributed by atoms with Crippen molar-refractivity contribution >= 4 is 22.8 Å². The molecule has 3 aromatic carbocycles. The molecule has 2 nitrogen and oxygen atoms in total. The molecule has 0 aliphatic heterocycles. The van der Waals surface area contributed by atoms with Gasteiger partial charge in [-0.05, 0) is 52.9 Å². The summed E-state index contributed by atoms with van der Waals surface area (Å²) in [6.07, 6.45) is 0.375. The molecule has 0 fully saturated rings.